The number of urea groups is 8. The number of allylic oxidation sites excluding steroid dienone is 2. The molecule has 0 unspecified atom stereocenters. The fraction of sp³-hybridized carbons (Fsp3) is 0.640. The fourth-order valence-electron chi connectivity index (χ4n) is 16.5. The molecule has 0 saturated carbocycles. The maximum absolute atomic E-state index is 15.5. The van der Waals surface area contributed by atoms with E-state index in [9.17, 15) is 51.9 Å². The zero-order chi connectivity index (χ0) is 67.2. The fourth-order valence-corrected chi connectivity index (χ4v) is 17.6. The summed E-state index contributed by atoms with van der Waals surface area (Å²) >= 11 is 0. The molecule has 14 aliphatic rings. The molecule has 48 heteroatoms. The van der Waals surface area contributed by atoms with E-state index >= 15 is 38.4 Å². The molecule has 0 radical (unpaired) electrons. The summed E-state index contributed by atoms with van der Waals surface area (Å²) in [4.78, 5) is 145. The number of carbonyl (C=O) groups is 8. The van der Waals surface area contributed by atoms with Gasteiger partial charge in [0.1, 0.15) is 89.5 Å². The minimum atomic E-state index is -4.80. The lowest BCUT2D eigenvalue weighted by atomic mass is 9.94. The van der Waals surface area contributed by atoms with Crippen molar-refractivity contribution in [1.82, 2.24) is 103 Å². The maximum Gasteiger partial charge on any atom is 0.326 e. The van der Waals surface area contributed by atoms with Gasteiger partial charge in [0.25, 0.3) is 0 Å². The minimum Gasteiger partial charge on any atom is -0.748 e. The maximum atomic E-state index is 15.5. The molecule has 13 heterocycles. The lowest BCUT2D eigenvalue weighted by Gasteiger charge is -2.49. The van der Waals surface area contributed by atoms with Crippen LogP contribution < -0.4 is 34.1 Å². The first-order valence-corrected chi connectivity index (χ1v) is 35.8. The van der Waals surface area contributed by atoms with Crippen LogP contribution in [0.3, 0.4) is 0 Å². The van der Waals surface area contributed by atoms with Gasteiger partial charge in [-0.3, -0.25) is 78.4 Å². The summed E-state index contributed by atoms with van der Waals surface area (Å²) in [6.07, 6.45) is -5.34. The topological polar surface area (TPSA) is 600 Å². The van der Waals surface area contributed by atoms with E-state index in [1.807, 2.05) is 0 Å². The van der Waals surface area contributed by atoms with Crippen molar-refractivity contribution in [2.24, 2.45) is 0 Å². The van der Waals surface area contributed by atoms with E-state index in [0.717, 1.165) is 0 Å². The van der Waals surface area contributed by atoms with Crippen LogP contribution in [0.4, 0.5) is 38.4 Å². The molecular formula is C50H74N20O24S4. The van der Waals surface area contributed by atoms with Crippen molar-refractivity contribution in [3.05, 3.63) is 45.9 Å². The molecule has 16 amide bonds. The van der Waals surface area contributed by atoms with Crippen molar-refractivity contribution in [2.75, 3.05) is 103 Å². The molecular weight excluding hydrogens is 1390 g/mol. The number of fused-ring (bicyclic) bond motifs is 2. The number of carbonyl (C=O) groups excluding carboxylic acids is 8. The zero-order valence-electron chi connectivity index (χ0n) is 54.2. The van der Waals surface area contributed by atoms with Gasteiger partial charge in [-0.25, -0.2) is 72.0 Å². The first kappa shape index (κ1) is 70.8. The highest BCUT2D eigenvalue weighted by Gasteiger charge is 2.80. The predicted octanol–water partition coefficient (Wildman–Crippen LogP) is -1.65. The Balaban J connectivity index is 0.00000243. The average molecular weight is 1470 g/mol. The van der Waals surface area contributed by atoms with E-state index in [-0.39, 0.29) is 95.8 Å². The van der Waals surface area contributed by atoms with Gasteiger partial charge in [0.15, 0.2) is 47.3 Å². The Kier molecular flexibility index (Phi) is 16.3. The van der Waals surface area contributed by atoms with Crippen LogP contribution in [0.15, 0.2) is 34.8 Å². The van der Waals surface area contributed by atoms with Gasteiger partial charge >= 0.3 is 48.2 Å². The van der Waals surface area contributed by atoms with Gasteiger partial charge in [-0.15, -0.1) is 0 Å². The Hall–Kier alpha value is -8.46. The van der Waals surface area contributed by atoms with Gasteiger partial charge in [-0.05, 0) is 39.8 Å². The van der Waals surface area contributed by atoms with Crippen molar-refractivity contribution in [3.8, 4) is 11.5 Å². The summed E-state index contributed by atoms with van der Waals surface area (Å²) in [5.41, 5.74) is -6.25. The molecule has 1 aromatic carbocycles. The number of amides is 16. The van der Waals surface area contributed by atoms with Gasteiger partial charge in [0.05, 0.1) is 89.7 Å². The SMILES string of the molecule is CC12N3CC4=C(OCCS(=O)(=O)[O-])CCC(OCCS(=O)(=O)[O-])=C4CN1C(=O)N1CN4C(=O)N5CN6C(=O)N7CN8C(=O)N9Cc%10c(OCCS(=O)(=O)[O-])ccc(OCCS(=O)(=O)[O-])c%10CN%10C(=O)N(CN%11C(=O)N(CN%12C(=O)N(CN(C3=O)C12C)C4C%125)C6C%117)C8(C)C%109C.[NH4+].[NH4+].[NH4+].[NH4+]. The Morgan fingerprint density at radius 1 is 0.347 bits per heavy atom. The second kappa shape index (κ2) is 22.5. The third kappa shape index (κ3) is 9.44. The highest BCUT2D eigenvalue weighted by atomic mass is 32.2. The summed E-state index contributed by atoms with van der Waals surface area (Å²) in [5, 5.41) is 0. The minimum absolute atomic E-state index is 0. The van der Waals surface area contributed by atoms with Crippen LogP contribution in [-0.4, -0.2) is 328 Å². The Morgan fingerprint density at radius 3 is 0.827 bits per heavy atom. The number of quaternary nitrogens is 4. The molecule has 0 bridgehead atoms. The molecule has 1 aromatic rings. The molecule has 15 rings (SSSR count). The summed E-state index contributed by atoms with van der Waals surface area (Å²) in [5.74, 6) is -3.62. The first-order valence-electron chi connectivity index (χ1n) is 29.4. The van der Waals surface area contributed by atoms with Crippen molar-refractivity contribution in [2.45, 2.75) is 101 Å². The summed E-state index contributed by atoms with van der Waals surface area (Å²) in [6.45, 7) is -1.37. The van der Waals surface area contributed by atoms with Gasteiger partial charge in [0, 0.05) is 35.1 Å². The third-order valence-corrected chi connectivity index (χ3v) is 24.0. The highest BCUT2D eigenvalue weighted by Crippen LogP contribution is 2.59. The van der Waals surface area contributed by atoms with Crippen molar-refractivity contribution in [3.63, 3.8) is 0 Å². The van der Waals surface area contributed by atoms with Crippen LogP contribution in [-0.2, 0) is 63.0 Å². The largest absolute Gasteiger partial charge is 0.748 e. The molecule has 13 aliphatic heterocycles. The molecule has 16 N–H and O–H groups in total. The Bertz CT molecular complexity index is 4020. The van der Waals surface area contributed by atoms with E-state index in [0.29, 0.717) is 0 Å². The smallest absolute Gasteiger partial charge is 0.326 e. The second-order valence-corrected chi connectivity index (χ2v) is 31.5. The molecule has 44 nitrogen and oxygen atoms in total. The first-order chi connectivity index (χ1) is 43.9. The molecule has 12 fully saturated rings. The zero-order valence-corrected chi connectivity index (χ0v) is 57.5. The molecule has 542 valence electrons. The Labute approximate surface area is 559 Å². The van der Waals surface area contributed by atoms with Gasteiger partial charge in [0.2, 0.25) is 0 Å². The predicted molar refractivity (Wildman–Crippen MR) is 323 cm³/mol. The monoisotopic (exact) mass is 1470 g/mol. The molecule has 1 aliphatic carbocycles. The molecule has 98 heavy (non-hydrogen) atoms. The van der Waals surface area contributed by atoms with Crippen molar-refractivity contribution < 1.29 is 109 Å². The molecule has 0 atom stereocenters. The van der Waals surface area contributed by atoms with Crippen LogP contribution in [0.5, 0.6) is 11.5 Å². The van der Waals surface area contributed by atoms with Crippen molar-refractivity contribution in [1.29, 1.82) is 0 Å². The number of benzene rings is 1. The van der Waals surface area contributed by atoms with Crippen LogP contribution >= 0.6 is 0 Å². The van der Waals surface area contributed by atoms with Gasteiger partial charge in [-0.1, -0.05) is 0 Å². The number of hydrogen-bond donors (Lipinski definition) is 4. The second-order valence-electron chi connectivity index (χ2n) is 25.4. The highest BCUT2D eigenvalue weighted by molar-refractivity contribution is 7.86. The van der Waals surface area contributed by atoms with E-state index in [2.05, 4.69) is 0 Å². The molecule has 0 aromatic heterocycles. The van der Waals surface area contributed by atoms with Crippen LogP contribution in [0.25, 0.3) is 0 Å². The normalized spacial score (nSPS) is 30.2. The van der Waals surface area contributed by atoms with Gasteiger partial charge < -0.3 is 61.8 Å². The lowest BCUT2D eigenvalue weighted by Crippen LogP contribution is -2.69. The molecule has 12 saturated heterocycles. The standard InChI is InChI=1S/C50H62N16O24S4.4H3N/c1-47-49(3)63-23-55-37-35-51(39(55)67)21-53-36-38-57(41(53)69)25-65-45(73)61-19-29-30(34(90-12-16-94(84,85)86)8-7-33(29)89-11-15-93(81,82)83)20-62-46(74)66(50(65,4)48(61,62)2)26-58(38)42(70)54(36)22-52(35)40(68)56(37)24-64(49)44(72)60(47)18-28-27(17-59(47)43(63)71)31(87-9-13-91(75,76)77)5-6-32(28)88-10-14-92(78,79)80;;;;/h5-6,35-38H,7-26H2,1-4H3,(H,75,76,77)(H,78,79,80)(H,81,82,83)(H,84,85,86);4*1H3. The lowest BCUT2D eigenvalue weighted by molar-refractivity contribution is -0.0867. The summed E-state index contributed by atoms with van der Waals surface area (Å²) in [7, 11) is -19.1. The quantitative estimate of drug-likeness (QED) is 0.135. The Morgan fingerprint density at radius 2 is 0.571 bits per heavy atom. The number of ether oxygens (including phenoxy) is 4. The number of nitrogens with zero attached hydrogens (tertiary/aromatic N) is 16. The summed E-state index contributed by atoms with van der Waals surface area (Å²) in [6, 6.07) is -3.56. The average Bonchev–Trinajstić information content (AvgIpc) is 1.50. The third-order valence-electron chi connectivity index (χ3n) is 21.3. The van der Waals surface area contributed by atoms with Gasteiger partial charge in [-0.2, -0.15) is 0 Å². The van der Waals surface area contributed by atoms with Crippen LogP contribution in [0, 0.1) is 0 Å². The van der Waals surface area contributed by atoms with E-state index in [1.54, 1.807) is 27.7 Å². The van der Waals surface area contributed by atoms with Crippen molar-refractivity contribution >= 4 is 88.7 Å². The van der Waals surface area contributed by atoms with Crippen LogP contribution in [0.1, 0.15) is 51.7 Å². The van der Waals surface area contributed by atoms with Crippen LogP contribution in [0.2, 0.25) is 0 Å². The van der Waals surface area contributed by atoms with E-state index < -0.39 is 239 Å². The molecule has 0 spiro atoms. The van der Waals surface area contributed by atoms with E-state index in [4.69, 9.17) is 18.9 Å². The van der Waals surface area contributed by atoms with E-state index in [1.165, 1.54) is 90.5 Å². The number of hydrogen-bond acceptors (Lipinski definition) is 24. The summed E-state index contributed by atoms with van der Waals surface area (Å²) < 4.78 is 163. The number of rotatable bonds is 16.